The van der Waals surface area contributed by atoms with Crippen LogP contribution < -0.4 is 15.4 Å². The summed E-state index contributed by atoms with van der Waals surface area (Å²) < 4.78 is 5.58. The lowest BCUT2D eigenvalue weighted by Crippen LogP contribution is -2.20. The van der Waals surface area contributed by atoms with Crippen molar-refractivity contribution in [2.45, 2.75) is 58.8 Å². The molecule has 0 saturated heterocycles. The fourth-order valence-corrected chi connectivity index (χ4v) is 2.83. The molecule has 2 amide bonds. The van der Waals surface area contributed by atoms with Crippen LogP contribution in [-0.4, -0.2) is 18.4 Å². The van der Waals surface area contributed by atoms with Crippen molar-refractivity contribution in [3.8, 4) is 5.75 Å². The van der Waals surface area contributed by atoms with E-state index in [4.69, 9.17) is 4.74 Å². The van der Waals surface area contributed by atoms with Crippen LogP contribution in [0.1, 0.15) is 58.9 Å². The standard InChI is InChI=1S/C24H32N2O3/c1-5-6-7-11-22(27)25-19-9-8-10-20(16-19)26-23(28)17-29-21-14-12-18(13-15-21)24(2,3)4/h8-10,12-16H,5-7,11,17H2,1-4H3,(H,25,27)(H,26,28). The van der Waals surface area contributed by atoms with Crippen molar-refractivity contribution < 1.29 is 14.3 Å². The molecule has 0 radical (unpaired) electrons. The van der Waals surface area contributed by atoms with E-state index in [-0.39, 0.29) is 23.8 Å². The van der Waals surface area contributed by atoms with Crippen LogP contribution in [0.3, 0.4) is 0 Å². The number of anilines is 2. The first-order valence-corrected chi connectivity index (χ1v) is 10.2. The fraction of sp³-hybridized carbons (Fsp3) is 0.417. The van der Waals surface area contributed by atoms with Crippen LogP contribution in [-0.2, 0) is 15.0 Å². The summed E-state index contributed by atoms with van der Waals surface area (Å²) >= 11 is 0. The van der Waals surface area contributed by atoms with Gasteiger partial charge in [-0.15, -0.1) is 0 Å². The maximum Gasteiger partial charge on any atom is 0.262 e. The average Bonchev–Trinajstić information content (AvgIpc) is 2.66. The molecule has 2 N–H and O–H groups in total. The smallest absolute Gasteiger partial charge is 0.262 e. The molecule has 2 aromatic carbocycles. The van der Waals surface area contributed by atoms with Gasteiger partial charge in [-0.25, -0.2) is 0 Å². The molecule has 0 unspecified atom stereocenters. The number of unbranched alkanes of at least 4 members (excludes halogenated alkanes) is 2. The van der Waals surface area contributed by atoms with E-state index in [1.165, 1.54) is 5.56 Å². The molecule has 29 heavy (non-hydrogen) atoms. The van der Waals surface area contributed by atoms with E-state index >= 15 is 0 Å². The van der Waals surface area contributed by atoms with Gasteiger partial charge in [0.2, 0.25) is 5.91 Å². The monoisotopic (exact) mass is 396 g/mol. The molecule has 2 aromatic rings. The van der Waals surface area contributed by atoms with E-state index in [1.807, 2.05) is 24.3 Å². The summed E-state index contributed by atoms with van der Waals surface area (Å²) in [6, 6.07) is 14.9. The van der Waals surface area contributed by atoms with Crippen molar-refractivity contribution in [1.82, 2.24) is 0 Å². The van der Waals surface area contributed by atoms with Gasteiger partial charge >= 0.3 is 0 Å². The zero-order chi connectivity index (χ0) is 21.3. The van der Waals surface area contributed by atoms with Gasteiger partial charge in [-0.2, -0.15) is 0 Å². The van der Waals surface area contributed by atoms with Crippen molar-refractivity contribution in [1.29, 1.82) is 0 Å². The quantitative estimate of drug-likeness (QED) is 0.548. The third-order valence-corrected chi connectivity index (χ3v) is 4.53. The number of rotatable bonds is 9. The molecule has 5 heteroatoms. The minimum absolute atomic E-state index is 0.0102. The lowest BCUT2D eigenvalue weighted by molar-refractivity contribution is -0.118. The summed E-state index contributed by atoms with van der Waals surface area (Å²) in [6.07, 6.45) is 3.51. The summed E-state index contributed by atoms with van der Waals surface area (Å²) in [7, 11) is 0. The molecule has 0 aromatic heterocycles. The van der Waals surface area contributed by atoms with E-state index in [0.29, 0.717) is 23.5 Å². The summed E-state index contributed by atoms with van der Waals surface area (Å²) in [5.41, 5.74) is 2.57. The second-order valence-electron chi connectivity index (χ2n) is 8.20. The highest BCUT2D eigenvalue weighted by Gasteiger charge is 2.13. The first-order chi connectivity index (χ1) is 13.8. The number of amides is 2. The molecule has 0 bridgehead atoms. The number of ether oxygens (including phenoxy) is 1. The van der Waals surface area contributed by atoms with Crippen LogP contribution in [0.5, 0.6) is 5.75 Å². The van der Waals surface area contributed by atoms with Crippen molar-refractivity contribution in [3.05, 3.63) is 54.1 Å². The first kappa shape index (κ1) is 22.5. The molecular weight excluding hydrogens is 364 g/mol. The van der Waals surface area contributed by atoms with Crippen LogP contribution in [0.2, 0.25) is 0 Å². The molecule has 0 spiro atoms. The van der Waals surface area contributed by atoms with E-state index in [9.17, 15) is 9.59 Å². The summed E-state index contributed by atoms with van der Waals surface area (Å²) in [5.74, 6) is 0.390. The van der Waals surface area contributed by atoms with Crippen LogP contribution in [0.25, 0.3) is 0 Å². The van der Waals surface area contributed by atoms with Crippen LogP contribution in [0, 0.1) is 0 Å². The molecule has 5 nitrogen and oxygen atoms in total. The highest BCUT2D eigenvalue weighted by atomic mass is 16.5. The SMILES string of the molecule is CCCCCC(=O)Nc1cccc(NC(=O)COc2ccc(C(C)(C)C)cc2)c1. The summed E-state index contributed by atoms with van der Waals surface area (Å²) in [4.78, 5) is 24.1. The Balaban J connectivity index is 1.83. The van der Waals surface area contributed by atoms with E-state index in [0.717, 1.165) is 19.3 Å². The Kier molecular flexibility index (Phi) is 8.25. The number of carbonyl (C=O) groups excluding carboxylic acids is 2. The molecular formula is C24H32N2O3. The molecule has 0 aliphatic rings. The van der Waals surface area contributed by atoms with Crippen LogP contribution >= 0.6 is 0 Å². The van der Waals surface area contributed by atoms with Crippen LogP contribution in [0.4, 0.5) is 11.4 Å². The van der Waals surface area contributed by atoms with Gasteiger partial charge in [0.1, 0.15) is 5.75 Å². The molecule has 0 aliphatic carbocycles. The van der Waals surface area contributed by atoms with Crippen molar-refractivity contribution in [2.24, 2.45) is 0 Å². The van der Waals surface area contributed by atoms with Gasteiger partial charge in [0.25, 0.3) is 5.91 Å². The second kappa shape index (κ2) is 10.6. The summed E-state index contributed by atoms with van der Waals surface area (Å²) in [5, 5.41) is 5.67. The highest BCUT2D eigenvalue weighted by molar-refractivity contribution is 5.94. The topological polar surface area (TPSA) is 67.4 Å². The molecule has 156 valence electrons. The largest absolute Gasteiger partial charge is 0.484 e. The van der Waals surface area contributed by atoms with Crippen LogP contribution in [0.15, 0.2) is 48.5 Å². The number of hydrogen-bond donors (Lipinski definition) is 2. The van der Waals surface area contributed by atoms with E-state index < -0.39 is 0 Å². The normalized spacial score (nSPS) is 11.0. The van der Waals surface area contributed by atoms with Gasteiger partial charge < -0.3 is 15.4 Å². The van der Waals surface area contributed by atoms with Crippen molar-refractivity contribution in [3.63, 3.8) is 0 Å². The lowest BCUT2D eigenvalue weighted by atomic mass is 9.87. The zero-order valence-electron chi connectivity index (χ0n) is 17.9. The Morgan fingerprint density at radius 2 is 1.52 bits per heavy atom. The zero-order valence-corrected chi connectivity index (χ0v) is 17.9. The van der Waals surface area contributed by atoms with Gasteiger partial charge in [-0.3, -0.25) is 9.59 Å². The third kappa shape index (κ3) is 7.98. The predicted octanol–water partition coefficient (Wildman–Crippen LogP) is 5.52. The minimum atomic E-state index is -0.253. The lowest BCUT2D eigenvalue weighted by Gasteiger charge is -2.19. The number of benzene rings is 2. The maximum absolute atomic E-state index is 12.2. The molecule has 0 fully saturated rings. The van der Waals surface area contributed by atoms with Crippen molar-refractivity contribution in [2.75, 3.05) is 17.2 Å². The van der Waals surface area contributed by atoms with E-state index in [1.54, 1.807) is 24.3 Å². The number of hydrogen-bond acceptors (Lipinski definition) is 3. The first-order valence-electron chi connectivity index (χ1n) is 10.2. The summed E-state index contributed by atoms with van der Waals surface area (Å²) in [6.45, 7) is 8.48. The van der Waals surface area contributed by atoms with E-state index in [2.05, 4.69) is 38.3 Å². The molecule has 0 atom stereocenters. The Morgan fingerprint density at radius 1 is 0.897 bits per heavy atom. The van der Waals surface area contributed by atoms with Gasteiger partial charge in [-0.1, -0.05) is 58.7 Å². The minimum Gasteiger partial charge on any atom is -0.484 e. The Morgan fingerprint density at radius 3 is 2.10 bits per heavy atom. The molecule has 2 rings (SSSR count). The fourth-order valence-electron chi connectivity index (χ4n) is 2.83. The molecule has 0 heterocycles. The second-order valence-corrected chi connectivity index (χ2v) is 8.20. The van der Waals surface area contributed by atoms with Gasteiger partial charge in [-0.05, 0) is 47.7 Å². The molecule has 0 aliphatic heterocycles. The van der Waals surface area contributed by atoms with Gasteiger partial charge in [0.05, 0.1) is 0 Å². The predicted molar refractivity (Wildman–Crippen MR) is 118 cm³/mol. The Hall–Kier alpha value is -2.82. The molecule has 0 saturated carbocycles. The Labute approximate surface area is 173 Å². The highest BCUT2D eigenvalue weighted by Crippen LogP contribution is 2.24. The maximum atomic E-state index is 12.2. The average molecular weight is 397 g/mol. The Bertz CT molecular complexity index is 808. The third-order valence-electron chi connectivity index (χ3n) is 4.53. The van der Waals surface area contributed by atoms with Gasteiger partial charge in [0.15, 0.2) is 6.61 Å². The van der Waals surface area contributed by atoms with Crippen molar-refractivity contribution >= 4 is 23.2 Å². The number of carbonyl (C=O) groups is 2. The van der Waals surface area contributed by atoms with Gasteiger partial charge in [0, 0.05) is 17.8 Å². The number of nitrogens with one attached hydrogen (secondary N) is 2.